The van der Waals surface area contributed by atoms with Crippen LogP contribution in [0.2, 0.25) is 5.02 Å². The van der Waals surface area contributed by atoms with Gasteiger partial charge in [-0.05, 0) is 67.9 Å². The number of halogens is 1. The summed E-state index contributed by atoms with van der Waals surface area (Å²) >= 11 is 5.89. The smallest absolute Gasteiger partial charge is 0.291 e. The number of ether oxygens (including phenoxy) is 1. The van der Waals surface area contributed by atoms with Gasteiger partial charge in [-0.2, -0.15) is 0 Å². The topological polar surface area (TPSA) is 70.7 Å². The van der Waals surface area contributed by atoms with Gasteiger partial charge in [0.15, 0.2) is 11.5 Å². The van der Waals surface area contributed by atoms with E-state index in [-0.39, 0.29) is 17.6 Å². The van der Waals surface area contributed by atoms with E-state index in [4.69, 9.17) is 16.3 Å². The molecule has 150 valence electrons. The first-order chi connectivity index (χ1) is 14.1. The normalized spacial score (nSPS) is 17.6. The fourth-order valence-electron chi connectivity index (χ4n) is 3.45. The maximum Gasteiger partial charge on any atom is 0.291 e. The first kappa shape index (κ1) is 19.5. The summed E-state index contributed by atoms with van der Waals surface area (Å²) in [6.07, 6.45) is 4.10. The second kappa shape index (κ2) is 8.68. The summed E-state index contributed by atoms with van der Waals surface area (Å²) < 4.78 is 5.74. The Hall–Kier alpha value is -2.83. The van der Waals surface area contributed by atoms with Crippen LogP contribution in [0.4, 0.5) is 5.69 Å². The maximum atomic E-state index is 12.4. The number of carbonyl (C=O) groups is 2. The lowest BCUT2D eigenvalue weighted by atomic mass is 10.1. The number of benzene rings is 2. The second-order valence-electron chi connectivity index (χ2n) is 7.13. The molecule has 0 aliphatic carbocycles. The van der Waals surface area contributed by atoms with Crippen LogP contribution in [0.5, 0.6) is 5.75 Å². The molecular weight excluding hydrogens is 390 g/mol. The van der Waals surface area contributed by atoms with Crippen LogP contribution in [0.25, 0.3) is 6.08 Å². The number of likely N-dealkylation sites (tertiary alicyclic amines) is 1. The largest absolute Gasteiger partial charge is 0.449 e. The lowest BCUT2D eigenvalue weighted by Crippen LogP contribution is -2.33. The Bertz CT molecular complexity index is 950. The molecule has 2 aliphatic rings. The van der Waals surface area contributed by atoms with Crippen LogP contribution in [-0.2, 0) is 4.79 Å². The molecule has 1 saturated heterocycles. The van der Waals surface area contributed by atoms with Gasteiger partial charge in [0, 0.05) is 23.7 Å². The van der Waals surface area contributed by atoms with Gasteiger partial charge >= 0.3 is 0 Å². The average Bonchev–Trinajstić information content (AvgIpc) is 3.23. The second-order valence-corrected chi connectivity index (χ2v) is 7.57. The first-order valence-corrected chi connectivity index (χ1v) is 10.1. The summed E-state index contributed by atoms with van der Waals surface area (Å²) in [6, 6.07) is 12.1. The molecule has 29 heavy (non-hydrogen) atoms. The van der Waals surface area contributed by atoms with Gasteiger partial charge in [0.2, 0.25) is 0 Å². The summed E-state index contributed by atoms with van der Waals surface area (Å²) in [7, 11) is 0. The molecule has 2 N–H and O–H groups in total. The molecule has 0 saturated carbocycles. The number of anilines is 1. The Kier molecular flexibility index (Phi) is 5.83. The molecule has 0 radical (unpaired) electrons. The van der Waals surface area contributed by atoms with E-state index in [0.29, 0.717) is 28.6 Å². The van der Waals surface area contributed by atoms with Gasteiger partial charge < -0.3 is 20.3 Å². The first-order valence-electron chi connectivity index (χ1n) is 9.69. The van der Waals surface area contributed by atoms with Gasteiger partial charge in [0.25, 0.3) is 11.8 Å². The van der Waals surface area contributed by atoms with Crippen molar-refractivity contribution in [2.24, 2.45) is 0 Å². The predicted molar refractivity (Wildman–Crippen MR) is 113 cm³/mol. The van der Waals surface area contributed by atoms with Crippen molar-refractivity contribution < 1.29 is 14.3 Å². The Morgan fingerprint density at radius 1 is 1.17 bits per heavy atom. The van der Waals surface area contributed by atoms with Gasteiger partial charge in [0.1, 0.15) is 0 Å². The van der Waals surface area contributed by atoms with Gasteiger partial charge in [0.05, 0.1) is 5.69 Å². The van der Waals surface area contributed by atoms with Crippen LogP contribution in [-0.4, -0.2) is 42.9 Å². The van der Waals surface area contributed by atoms with E-state index in [1.807, 2.05) is 0 Å². The fraction of sp³-hybridized carbons (Fsp3) is 0.273. The molecule has 2 heterocycles. The number of nitrogens with zero attached hydrogens (tertiary/aromatic N) is 1. The van der Waals surface area contributed by atoms with E-state index in [1.54, 1.807) is 48.5 Å². The molecule has 1 fully saturated rings. The predicted octanol–water partition coefficient (Wildman–Crippen LogP) is 3.54. The highest BCUT2D eigenvalue weighted by molar-refractivity contribution is 6.30. The van der Waals surface area contributed by atoms with Crippen molar-refractivity contribution in [1.29, 1.82) is 0 Å². The number of hydrogen-bond donors (Lipinski definition) is 2. The highest BCUT2D eigenvalue weighted by Gasteiger charge is 2.23. The van der Waals surface area contributed by atoms with E-state index in [0.717, 1.165) is 25.2 Å². The molecule has 2 aromatic rings. The minimum Gasteiger partial charge on any atom is -0.449 e. The van der Waals surface area contributed by atoms with Crippen LogP contribution in [0.1, 0.15) is 28.8 Å². The summed E-state index contributed by atoms with van der Waals surface area (Å²) in [4.78, 5) is 27.1. The SMILES string of the molecule is O=C1Nc2cc(C(=O)NCCN3CCCC3)ccc2O/C1=C\c1ccc(Cl)cc1. The van der Waals surface area contributed by atoms with Gasteiger partial charge in [-0.3, -0.25) is 9.59 Å². The number of nitrogens with one attached hydrogen (secondary N) is 2. The van der Waals surface area contributed by atoms with Gasteiger partial charge in [-0.1, -0.05) is 23.7 Å². The molecule has 2 aromatic carbocycles. The maximum absolute atomic E-state index is 12.4. The van der Waals surface area contributed by atoms with E-state index in [1.165, 1.54) is 12.8 Å². The highest BCUT2D eigenvalue weighted by atomic mass is 35.5. The van der Waals surface area contributed by atoms with Crippen molar-refractivity contribution in [3.63, 3.8) is 0 Å². The van der Waals surface area contributed by atoms with Crippen LogP contribution in [0.3, 0.4) is 0 Å². The minimum atomic E-state index is -0.362. The summed E-state index contributed by atoms with van der Waals surface area (Å²) in [5.74, 6) is 0.156. The van der Waals surface area contributed by atoms with Gasteiger partial charge in [-0.25, -0.2) is 0 Å². The molecule has 2 amide bonds. The summed E-state index contributed by atoms with van der Waals surface area (Å²) in [5, 5.41) is 6.35. The van der Waals surface area contributed by atoms with Crippen molar-refractivity contribution in [2.75, 3.05) is 31.5 Å². The molecule has 4 rings (SSSR count). The minimum absolute atomic E-state index is 0.163. The Morgan fingerprint density at radius 3 is 2.69 bits per heavy atom. The third kappa shape index (κ3) is 4.78. The van der Waals surface area contributed by atoms with Crippen molar-refractivity contribution in [1.82, 2.24) is 10.2 Å². The molecule has 0 aromatic heterocycles. The summed E-state index contributed by atoms with van der Waals surface area (Å²) in [5.41, 5.74) is 1.77. The zero-order valence-electron chi connectivity index (χ0n) is 15.9. The van der Waals surface area contributed by atoms with Crippen LogP contribution in [0.15, 0.2) is 48.2 Å². The number of hydrogen-bond acceptors (Lipinski definition) is 4. The Labute approximate surface area is 174 Å². The van der Waals surface area contributed by atoms with Crippen LogP contribution >= 0.6 is 11.6 Å². The average molecular weight is 412 g/mol. The fourth-order valence-corrected chi connectivity index (χ4v) is 3.57. The number of fused-ring (bicyclic) bond motifs is 1. The van der Waals surface area contributed by atoms with Crippen LogP contribution < -0.4 is 15.4 Å². The molecule has 0 bridgehead atoms. The zero-order chi connectivity index (χ0) is 20.2. The van der Waals surface area contributed by atoms with Crippen molar-refractivity contribution >= 4 is 35.2 Å². The number of carbonyl (C=O) groups excluding carboxylic acids is 2. The Morgan fingerprint density at radius 2 is 1.93 bits per heavy atom. The molecule has 2 aliphatic heterocycles. The highest BCUT2D eigenvalue weighted by Crippen LogP contribution is 2.32. The Balaban J connectivity index is 1.41. The number of amides is 2. The lowest BCUT2D eigenvalue weighted by Gasteiger charge is -2.20. The van der Waals surface area contributed by atoms with Crippen LogP contribution in [0, 0.1) is 0 Å². The molecule has 6 nitrogen and oxygen atoms in total. The van der Waals surface area contributed by atoms with Crippen molar-refractivity contribution in [2.45, 2.75) is 12.8 Å². The molecule has 0 atom stereocenters. The third-order valence-corrected chi connectivity index (χ3v) is 5.27. The van der Waals surface area contributed by atoms with E-state index >= 15 is 0 Å². The van der Waals surface area contributed by atoms with E-state index in [2.05, 4.69) is 15.5 Å². The lowest BCUT2D eigenvalue weighted by molar-refractivity contribution is -0.115. The zero-order valence-corrected chi connectivity index (χ0v) is 16.7. The van der Waals surface area contributed by atoms with Crippen molar-refractivity contribution in [3.05, 3.63) is 64.4 Å². The van der Waals surface area contributed by atoms with Crippen molar-refractivity contribution in [3.8, 4) is 5.75 Å². The molecule has 7 heteroatoms. The van der Waals surface area contributed by atoms with E-state index in [9.17, 15) is 9.59 Å². The molecule has 0 spiro atoms. The number of rotatable bonds is 5. The standard InChI is InChI=1S/C22H22ClN3O3/c23-17-6-3-15(4-7-17)13-20-22(28)25-18-14-16(5-8-19(18)29-20)21(27)24-9-12-26-10-1-2-11-26/h3-8,13-14H,1-2,9-12H2,(H,24,27)(H,25,28)/b20-13-. The molecule has 0 unspecified atom stereocenters. The molecular formula is C22H22ClN3O3. The van der Waals surface area contributed by atoms with Gasteiger partial charge in [-0.15, -0.1) is 0 Å². The quantitative estimate of drug-likeness (QED) is 0.738. The van der Waals surface area contributed by atoms with E-state index < -0.39 is 0 Å². The monoisotopic (exact) mass is 411 g/mol. The summed E-state index contributed by atoms with van der Waals surface area (Å²) in [6.45, 7) is 3.66. The third-order valence-electron chi connectivity index (χ3n) is 5.01.